The summed E-state index contributed by atoms with van der Waals surface area (Å²) in [6, 6.07) is 1.10. The molecule has 4 nitrogen and oxygen atoms in total. The number of rotatable bonds is 5. The molecule has 0 aromatic rings. The number of nitrogens with one attached hydrogen (secondary N) is 1. The molecule has 19 heavy (non-hydrogen) atoms. The molecule has 0 amide bonds. The first-order chi connectivity index (χ1) is 9.02. The Morgan fingerprint density at radius 1 is 1.58 bits per heavy atom. The van der Waals surface area contributed by atoms with Crippen LogP contribution in [-0.4, -0.2) is 53.1 Å². The van der Waals surface area contributed by atoms with E-state index in [0.29, 0.717) is 24.3 Å². The van der Waals surface area contributed by atoms with Crippen LogP contribution in [0, 0.1) is 5.41 Å². The topological polar surface area (TPSA) is 62.3 Å². The highest BCUT2D eigenvalue weighted by atomic mass is 32.2. The van der Waals surface area contributed by atoms with Crippen molar-refractivity contribution in [3.8, 4) is 0 Å². The molecule has 2 saturated heterocycles. The monoisotopic (exact) mass is 285 g/mol. The number of amidine groups is 1. The molecule has 110 valence electrons. The summed E-state index contributed by atoms with van der Waals surface area (Å²) in [7, 11) is 0. The van der Waals surface area contributed by atoms with Crippen LogP contribution >= 0.6 is 11.8 Å². The van der Waals surface area contributed by atoms with E-state index >= 15 is 0 Å². The molecule has 2 fully saturated rings. The zero-order valence-electron chi connectivity index (χ0n) is 12.2. The van der Waals surface area contributed by atoms with E-state index in [1.807, 2.05) is 11.8 Å². The summed E-state index contributed by atoms with van der Waals surface area (Å²) in [5.74, 6) is 2.69. The lowest BCUT2D eigenvalue weighted by Gasteiger charge is -2.44. The Bertz CT molecular complexity index is 316. The minimum Gasteiger partial charge on any atom is -0.388 e. The summed E-state index contributed by atoms with van der Waals surface area (Å²) in [5.41, 5.74) is 5.65. The van der Waals surface area contributed by atoms with Gasteiger partial charge in [0.05, 0.1) is 11.4 Å². The van der Waals surface area contributed by atoms with E-state index in [0.717, 1.165) is 31.7 Å². The van der Waals surface area contributed by atoms with Crippen molar-refractivity contribution in [3.05, 3.63) is 0 Å². The van der Waals surface area contributed by atoms with Crippen molar-refractivity contribution in [1.29, 1.82) is 5.41 Å². The fourth-order valence-corrected chi connectivity index (χ4v) is 4.64. The van der Waals surface area contributed by atoms with Gasteiger partial charge < -0.3 is 10.5 Å². The molecule has 2 aliphatic rings. The number of nitrogens with zero attached hydrogens (tertiary/aromatic N) is 1. The Morgan fingerprint density at radius 3 is 2.95 bits per heavy atom. The SMILES string of the molecule is CC(C)N(CCC(=N)N)C1CCOC2(CCSC2)C1. The molecule has 2 heterocycles. The van der Waals surface area contributed by atoms with Crippen LogP contribution in [0.3, 0.4) is 0 Å². The minimum absolute atomic E-state index is 0.136. The first-order valence-electron chi connectivity index (χ1n) is 7.33. The summed E-state index contributed by atoms with van der Waals surface area (Å²) in [4.78, 5) is 2.52. The molecule has 2 aliphatic heterocycles. The van der Waals surface area contributed by atoms with Gasteiger partial charge in [-0.15, -0.1) is 0 Å². The number of thioether (sulfide) groups is 1. The lowest BCUT2D eigenvalue weighted by atomic mass is 9.88. The van der Waals surface area contributed by atoms with Gasteiger partial charge in [-0.25, -0.2) is 0 Å². The van der Waals surface area contributed by atoms with Gasteiger partial charge in [-0.1, -0.05) is 0 Å². The van der Waals surface area contributed by atoms with E-state index in [1.165, 1.54) is 12.2 Å². The predicted octanol–water partition coefficient (Wildman–Crippen LogP) is 2.08. The zero-order chi connectivity index (χ0) is 13.9. The van der Waals surface area contributed by atoms with Crippen LogP contribution in [0.2, 0.25) is 0 Å². The van der Waals surface area contributed by atoms with Gasteiger partial charge in [0.2, 0.25) is 0 Å². The van der Waals surface area contributed by atoms with E-state index in [9.17, 15) is 0 Å². The summed E-state index contributed by atoms with van der Waals surface area (Å²) in [6.07, 6.45) is 4.14. The lowest BCUT2D eigenvalue weighted by molar-refractivity contribution is -0.0931. The smallest absolute Gasteiger partial charge is 0.0918 e. The first-order valence-corrected chi connectivity index (χ1v) is 8.48. The van der Waals surface area contributed by atoms with Crippen LogP contribution in [-0.2, 0) is 4.74 Å². The van der Waals surface area contributed by atoms with E-state index in [1.54, 1.807) is 0 Å². The molecular formula is C14H27N3OS. The van der Waals surface area contributed by atoms with E-state index in [2.05, 4.69) is 18.7 Å². The fraction of sp³-hybridized carbons (Fsp3) is 0.929. The molecule has 2 rings (SSSR count). The Hall–Kier alpha value is -0.260. The molecule has 5 heteroatoms. The molecule has 0 aliphatic carbocycles. The van der Waals surface area contributed by atoms with Crippen LogP contribution in [0.5, 0.6) is 0 Å². The Labute approximate surface area is 120 Å². The van der Waals surface area contributed by atoms with Crippen molar-refractivity contribution in [3.63, 3.8) is 0 Å². The molecule has 0 radical (unpaired) electrons. The third-order valence-electron chi connectivity index (χ3n) is 4.31. The second-order valence-corrected chi connectivity index (χ2v) is 7.19. The first kappa shape index (κ1) is 15.1. The average Bonchev–Trinajstić information content (AvgIpc) is 2.77. The third-order valence-corrected chi connectivity index (χ3v) is 5.53. The second kappa shape index (κ2) is 6.46. The lowest BCUT2D eigenvalue weighted by Crippen LogP contribution is -2.51. The fourth-order valence-electron chi connectivity index (χ4n) is 3.26. The largest absolute Gasteiger partial charge is 0.388 e. The van der Waals surface area contributed by atoms with Crippen LogP contribution in [0.4, 0.5) is 0 Å². The van der Waals surface area contributed by atoms with Crippen molar-refractivity contribution in [2.75, 3.05) is 24.7 Å². The van der Waals surface area contributed by atoms with Gasteiger partial charge in [0.25, 0.3) is 0 Å². The molecule has 3 N–H and O–H groups in total. The van der Waals surface area contributed by atoms with Gasteiger partial charge in [-0.05, 0) is 38.9 Å². The number of nitrogens with two attached hydrogens (primary N) is 1. The Kier molecular flexibility index (Phi) is 5.15. The van der Waals surface area contributed by atoms with Crippen LogP contribution < -0.4 is 5.73 Å². The summed E-state index contributed by atoms with van der Waals surface area (Å²) in [5, 5.41) is 7.43. The van der Waals surface area contributed by atoms with Crippen molar-refractivity contribution < 1.29 is 4.74 Å². The average molecular weight is 285 g/mol. The highest BCUT2D eigenvalue weighted by Gasteiger charge is 2.42. The van der Waals surface area contributed by atoms with Crippen molar-refractivity contribution in [2.45, 2.75) is 57.2 Å². The minimum atomic E-state index is 0.136. The van der Waals surface area contributed by atoms with Crippen LogP contribution in [0.25, 0.3) is 0 Å². The van der Waals surface area contributed by atoms with Gasteiger partial charge in [0, 0.05) is 37.4 Å². The summed E-state index contributed by atoms with van der Waals surface area (Å²) in [6.45, 7) is 6.27. The normalized spacial score (nSPS) is 31.5. The number of hydrogen-bond acceptors (Lipinski definition) is 4. The quantitative estimate of drug-likeness (QED) is 0.600. The van der Waals surface area contributed by atoms with Gasteiger partial charge in [-0.2, -0.15) is 11.8 Å². The molecule has 1 spiro atoms. The maximum absolute atomic E-state index is 7.43. The maximum Gasteiger partial charge on any atom is 0.0918 e. The van der Waals surface area contributed by atoms with Gasteiger partial charge in [0.1, 0.15) is 0 Å². The van der Waals surface area contributed by atoms with Crippen molar-refractivity contribution >= 4 is 17.6 Å². The van der Waals surface area contributed by atoms with Crippen molar-refractivity contribution in [1.82, 2.24) is 4.90 Å². The summed E-state index contributed by atoms with van der Waals surface area (Å²) < 4.78 is 6.10. The van der Waals surface area contributed by atoms with Gasteiger partial charge >= 0.3 is 0 Å². The number of hydrogen-bond donors (Lipinski definition) is 2. The van der Waals surface area contributed by atoms with Crippen LogP contribution in [0.15, 0.2) is 0 Å². The molecular weight excluding hydrogens is 258 g/mol. The molecule has 0 bridgehead atoms. The predicted molar refractivity (Wildman–Crippen MR) is 82.0 cm³/mol. The molecule has 0 aromatic heterocycles. The summed E-state index contributed by atoms with van der Waals surface area (Å²) >= 11 is 2.02. The molecule has 2 unspecified atom stereocenters. The standard InChI is InChI=1S/C14H27N3OS/c1-11(2)17(6-3-13(15)16)12-4-7-18-14(9-12)5-8-19-10-14/h11-12H,3-10H2,1-2H3,(H3,15,16). The Morgan fingerprint density at radius 2 is 2.37 bits per heavy atom. The van der Waals surface area contributed by atoms with E-state index in [4.69, 9.17) is 15.9 Å². The van der Waals surface area contributed by atoms with E-state index < -0.39 is 0 Å². The molecule has 0 aromatic carbocycles. The third kappa shape index (κ3) is 3.86. The van der Waals surface area contributed by atoms with E-state index in [-0.39, 0.29) is 5.60 Å². The van der Waals surface area contributed by atoms with Gasteiger partial charge in [-0.3, -0.25) is 10.3 Å². The Balaban J connectivity index is 1.98. The highest BCUT2D eigenvalue weighted by Crippen LogP contribution is 2.39. The van der Waals surface area contributed by atoms with Crippen LogP contribution in [0.1, 0.15) is 39.5 Å². The van der Waals surface area contributed by atoms with Gasteiger partial charge in [0.15, 0.2) is 0 Å². The molecule has 0 saturated carbocycles. The zero-order valence-corrected chi connectivity index (χ0v) is 13.0. The maximum atomic E-state index is 7.43. The number of ether oxygens (including phenoxy) is 1. The van der Waals surface area contributed by atoms with Crippen molar-refractivity contribution in [2.24, 2.45) is 5.73 Å². The molecule has 2 atom stereocenters. The second-order valence-electron chi connectivity index (χ2n) is 6.09. The highest BCUT2D eigenvalue weighted by molar-refractivity contribution is 7.99.